The molecule has 1 unspecified atom stereocenters. The van der Waals surface area contributed by atoms with E-state index in [-0.39, 0.29) is 45.0 Å². The Kier molecular flexibility index (Phi) is 12.3. The van der Waals surface area contributed by atoms with Crippen LogP contribution in [0.5, 0.6) is 0 Å². The number of methoxy groups -OCH3 is 2. The van der Waals surface area contributed by atoms with Crippen LogP contribution in [0.25, 0.3) is 0 Å². The second kappa shape index (κ2) is 11.0. The van der Waals surface area contributed by atoms with Crippen LogP contribution in [0.4, 0.5) is 0 Å². The number of hydrogen-bond donors (Lipinski definition) is 1. The molecular weight excluding hydrogens is 269 g/mol. The fourth-order valence-corrected chi connectivity index (χ4v) is 0.837. The van der Waals surface area contributed by atoms with Gasteiger partial charge in [-0.25, -0.2) is 0 Å². The Morgan fingerprint density at radius 3 is 2.25 bits per heavy atom. The maximum atomic E-state index is 11.0. The van der Waals surface area contributed by atoms with E-state index in [1.807, 2.05) is 0 Å². The molecule has 0 aliphatic heterocycles. The minimum atomic E-state index is -1.02. The molecule has 0 saturated carbocycles. The van der Waals surface area contributed by atoms with Crippen LogP contribution in [0.1, 0.15) is 12.8 Å². The number of hydrogen-bond acceptors (Lipinski definition) is 5. The van der Waals surface area contributed by atoms with Gasteiger partial charge in [-0.2, -0.15) is 0 Å². The summed E-state index contributed by atoms with van der Waals surface area (Å²) in [4.78, 5) is 21.1. The zero-order chi connectivity index (χ0) is 11.7. The van der Waals surface area contributed by atoms with Gasteiger partial charge in [0.2, 0.25) is 0 Å². The van der Waals surface area contributed by atoms with Crippen LogP contribution in [-0.4, -0.2) is 50.6 Å². The second-order valence-corrected chi connectivity index (χ2v) is 2.89. The van der Waals surface area contributed by atoms with Gasteiger partial charge in [-0.05, 0) is 0 Å². The molecule has 0 saturated heterocycles. The number of rotatable bonds is 8. The number of carbonyl (C=O) groups is 2. The number of carboxylic acids is 1. The maximum absolute atomic E-state index is 11.0. The van der Waals surface area contributed by atoms with Crippen LogP contribution >= 0.6 is 0 Å². The molecule has 0 aromatic carbocycles. The molecule has 0 rings (SSSR count). The van der Waals surface area contributed by atoms with Gasteiger partial charge >= 0.3 is 11.9 Å². The van der Waals surface area contributed by atoms with Gasteiger partial charge in [0.1, 0.15) is 12.7 Å². The van der Waals surface area contributed by atoms with E-state index in [9.17, 15) is 9.59 Å². The van der Waals surface area contributed by atoms with E-state index in [1.54, 1.807) is 0 Å². The van der Waals surface area contributed by atoms with Crippen LogP contribution in [0.15, 0.2) is 0 Å². The van der Waals surface area contributed by atoms with Gasteiger partial charge in [-0.15, -0.1) is 0 Å². The Hall–Kier alpha value is -0.517. The van der Waals surface area contributed by atoms with Crippen molar-refractivity contribution < 1.29 is 48.4 Å². The third-order valence-electron chi connectivity index (χ3n) is 1.66. The number of carboxylic acid groups (broad SMARTS) is 1. The summed E-state index contributed by atoms with van der Waals surface area (Å²) in [6, 6.07) is 0. The number of ether oxygens (including phenoxy) is 3. The molecule has 0 spiro atoms. The van der Waals surface area contributed by atoms with Crippen molar-refractivity contribution in [3.63, 3.8) is 0 Å². The number of carbonyl (C=O) groups excluding carboxylic acids is 1. The van der Waals surface area contributed by atoms with E-state index in [4.69, 9.17) is 19.3 Å². The van der Waals surface area contributed by atoms with Gasteiger partial charge in [0.15, 0.2) is 0 Å². The third kappa shape index (κ3) is 10.0. The first-order chi connectivity index (χ1) is 7.10. The van der Waals surface area contributed by atoms with E-state index in [0.717, 1.165) is 0 Å². The van der Waals surface area contributed by atoms with Crippen molar-refractivity contribution in [2.75, 3.05) is 27.4 Å². The molecule has 16 heavy (non-hydrogen) atoms. The molecule has 0 bridgehead atoms. The Labute approximate surface area is 107 Å². The predicted molar refractivity (Wildman–Crippen MR) is 50.5 cm³/mol. The smallest absolute Gasteiger partial charge is 0.306 e. The minimum Gasteiger partial charge on any atom is -0.481 e. The molecule has 7 heteroatoms. The van der Waals surface area contributed by atoms with Crippen LogP contribution in [-0.2, 0) is 43.3 Å². The first-order valence-electron chi connectivity index (χ1n) is 4.49. The summed E-state index contributed by atoms with van der Waals surface area (Å²) in [6.07, 6.45) is -0.664. The Morgan fingerprint density at radius 1 is 1.19 bits per heavy atom. The van der Waals surface area contributed by atoms with Crippen molar-refractivity contribution in [2.24, 2.45) is 0 Å². The molecule has 0 heterocycles. The largest absolute Gasteiger partial charge is 0.481 e. The Morgan fingerprint density at radius 2 is 1.81 bits per heavy atom. The monoisotopic (exact) mass is 284 g/mol. The van der Waals surface area contributed by atoms with Crippen molar-refractivity contribution in [3.8, 4) is 0 Å². The van der Waals surface area contributed by atoms with Crippen molar-refractivity contribution in [2.45, 2.75) is 18.9 Å². The molecule has 0 aromatic heterocycles. The van der Waals surface area contributed by atoms with E-state index in [2.05, 4.69) is 0 Å². The zero-order valence-corrected chi connectivity index (χ0v) is 12.6. The second-order valence-electron chi connectivity index (χ2n) is 2.89. The summed E-state index contributed by atoms with van der Waals surface area (Å²) in [5.74, 6) is -1.57. The van der Waals surface area contributed by atoms with Crippen molar-refractivity contribution in [1.29, 1.82) is 0 Å². The summed E-state index contributed by atoms with van der Waals surface area (Å²) in [7, 11) is 2.99. The minimum absolute atomic E-state index is 0. The normalized spacial score (nSPS) is 11.4. The van der Waals surface area contributed by atoms with E-state index >= 15 is 0 Å². The topological polar surface area (TPSA) is 82.1 Å². The fraction of sp³-hybridized carbons (Fsp3) is 0.778. The van der Waals surface area contributed by atoms with Gasteiger partial charge in [0, 0.05) is 33.7 Å². The van der Waals surface area contributed by atoms with Crippen LogP contribution in [0.3, 0.4) is 0 Å². The van der Waals surface area contributed by atoms with Gasteiger partial charge in [0.25, 0.3) is 0 Å². The summed E-state index contributed by atoms with van der Waals surface area (Å²) in [6.45, 7) is 0.394. The molecule has 1 atom stereocenters. The van der Waals surface area contributed by atoms with Crippen molar-refractivity contribution in [1.82, 2.24) is 0 Å². The van der Waals surface area contributed by atoms with Crippen molar-refractivity contribution >= 4 is 11.9 Å². The SMILES string of the molecule is COCC(COC(=O)CCC(=O)O)OC.[Zn]. The Balaban J connectivity index is 0. The summed E-state index contributed by atoms with van der Waals surface area (Å²) >= 11 is 0. The average molecular weight is 286 g/mol. The van der Waals surface area contributed by atoms with Gasteiger partial charge < -0.3 is 19.3 Å². The van der Waals surface area contributed by atoms with Crippen LogP contribution in [0, 0.1) is 0 Å². The zero-order valence-electron chi connectivity index (χ0n) is 9.60. The van der Waals surface area contributed by atoms with E-state index in [0.29, 0.717) is 6.61 Å². The third-order valence-corrected chi connectivity index (χ3v) is 1.66. The van der Waals surface area contributed by atoms with Gasteiger partial charge in [-0.3, -0.25) is 9.59 Å². The predicted octanol–water partition coefficient (Wildman–Crippen LogP) is 0.0533. The summed E-state index contributed by atoms with van der Waals surface area (Å²) in [5, 5.41) is 8.32. The summed E-state index contributed by atoms with van der Waals surface area (Å²) in [5.41, 5.74) is 0. The van der Waals surface area contributed by atoms with Gasteiger partial charge in [-0.1, -0.05) is 0 Å². The molecule has 90 valence electrons. The number of esters is 1. The van der Waals surface area contributed by atoms with Crippen LogP contribution < -0.4 is 0 Å². The standard InChI is InChI=1S/C9H16O6.Zn/c1-13-5-7(14-2)6-15-9(12)4-3-8(10)11;/h7H,3-6H2,1-2H3,(H,10,11);. The molecule has 1 N–H and O–H groups in total. The van der Waals surface area contributed by atoms with Gasteiger partial charge in [0.05, 0.1) is 19.4 Å². The molecule has 6 nitrogen and oxygen atoms in total. The first-order valence-corrected chi connectivity index (χ1v) is 4.49. The first kappa shape index (κ1) is 17.9. The quantitative estimate of drug-likeness (QED) is 0.501. The van der Waals surface area contributed by atoms with Crippen LogP contribution in [0.2, 0.25) is 0 Å². The van der Waals surface area contributed by atoms with E-state index in [1.165, 1.54) is 14.2 Å². The molecule has 0 radical (unpaired) electrons. The molecule has 0 amide bonds. The molecule has 0 aliphatic rings. The fourth-order valence-electron chi connectivity index (χ4n) is 0.837. The molecule has 0 fully saturated rings. The summed E-state index contributed by atoms with van der Waals surface area (Å²) < 4.78 is 14.6. The molecular formula is C9H16O6Zn. The average Bonchev–Trinajstić information content (AvgIpc) is 2.21. The van der Waals surface area contributed by atoms with E-state index < -0.39 is 11.9 Å². The maximum Gasteiger partial charge on any atom is 0.306 e. The molecule has 0 aromatic rings. The van der Waals surface area contributed by atoms with Crippen molar-refractivity contribution in [3.05, 3.63) is 0 Å². The number of aliphatic carboxylic acids is 1. The molecule has 0 aliphatic carbocycles. The Bertz CT molecular complexity index is 208.